The van der Waals surface area contributed by atoms with Gasteiger partial charge >= 0.3 is 0 Å². The highest BCUT2D eigenvalue weighted by Crippen LogP contribution is 2.16. The van der Waals surface area contributed by atoms with E-state index in [0.717, 1.165) is 11.1 Å². The Kier molecular flexibility index (Phi) is 4.91. The van der Waals surface area contributed by atoms with Crippen molar-refractivity contribution in [2.45, 2.75) is 6.54 Å². The molecule has 0 bridgehead atoms. The summed E-state index contributed by atoms with van der Waals surface area (Å²) in [6, 6.07) is 18.1. The number of carbonyl (C=O) groups excluding carboxylic acids is 1. The predicted molar refractivity (Wildman–Crippen MR) is 111 cm³/mol. The normalized spacial score (nSPS) is 10.8. The second kappa shape index (κ2) is 7.66. The molecule has 2 heterocycles. The zero-order valence-corrected chi connectivity index (χ0v) is 15.6. The van der Waals surface area contributed by atoms with Crippen LogP contribution in [0.15, 0.2) is 84.0 Å². The van der Waals surface area contributed by atoms with E-state index in [0.29, 0.717) is 22.6 Å². The van der Waals surface area contributed by atoms with Gasteiger partial charge in [-0.3, -0.25) is 14.6 Å². The molecule has 138 valence electrons. The summed E-state index contributed by atoms with van der Waals surface area (Å²) in [5, 5.41) is 3.91. The lowest BCUT2D eigenvalue weighted by molar-refractivity contribution is 0.102. The Bertz CT molecular complexity index is 1200. The molecule has 6 heteroatoms. The van der Waals surface area contributed by atoms with Crippen molar-refractivity contribution in [3.05, 3.63) is 106 Å². The number of amides is 1. The maximum Gasteiger partial charge on any atom is 0.261 e. The van der Waals surface area contributed by atoms with Gasteiger partial charge in [0.25, 0.3) is 5.91 Å². The Morgan fingerprint density at radius 1 is 1.00 bits per heavy atom. The van der Waals surface area contributed by atoms with Crippen molar-refractivity contribution in [3.63, 3.8) is 0 Å². The minimum Gasteiger partial charge on any atom is -0.342 e. The van der Waals surface area contributed by atoms with Crippen molar-refractivity contribution < 1.29 is 4.79 Å². The molecule has 0 spiro atoms. The number of fused-ring (bicyclic) bond motifs is 1. The molecule has 0 aliphatic rings. The summed E-state index contributed by atoms with van der Waals surface area (Å²) in [5.41, 5.74) is 2.15. The lowest BCUT2D eigenvalue weighted by Crippen LogP contribution is -2.24. The van der Waals surface area contributed by atoms with Crippen molar-refractivity contribution in [1.29, 1.82) is 0 Å². The summed E-state index contributed by atoms with van der Waals surface area (Å²) in [6.07, 6.45) is 4.76. The summed E-state index contributed by atoms with van der Waals surface area (Å²) in [4.78, 5) is 29.6. The zero-order valence-electron chi connectivity index (χ0n) is 14.8. The number of hydrogen-bond acceptors (Lipinski definition) is 3. The van der Waals surface area contributed by atoms with E-state index in [-0.39, 0.29) is 11.0 Å². The summed E-state index contributed by atoms with van der Waals surface area (Å²) in [7, 11) is 0. The number of carbonyl (C=O) groups is 1. The molecule has 5 nitrogen and oxygen atoms in total. The molecule has 1 N–H and O–H groups in total. The number of pyridine rings is 2. The van der Waals surface area contributed by atoms with Crippen LogP contribution in [0.4, 0.5) is 5.69 Å². The number of nitrogens with one attached hydrogen (secondary N) is 1. The Balaban J connectivity index is 1.78. The van der Waals surface area contributed by atoms with Crippen LogP contribution < -0.4 is 10.7 Å². The molecule has 0 fully saturated rings. The van der Waals surface area contributed by atoms with Gasteiger partial charge in [0.05, 0.1) is 5.52 Å². The molecule has 0 saturated carbocycles. The number of hydrogen-bond donors (Lipinski definition) is 1. The Morgan fingerprint density at radius 2 is 1.71 bits per heavy atom. The first-order chi connectivity index (χ1) is 13.6. The molecule has 1 amide bonds. The molecule has 0 aliphatic carbocycles. The molecule has 0 atom stereocenters. The monoisotopic (exact) mass is 389 g/mol. The van der Waals surface area contributed by atoms with Crippen molar-refractivity contribution in [1.82, 2.24) is 9.55 Å². The highest BCUT2D eigenvalue weighted by atomic mass is 35.5. The lowest BCUT2D eigenvalue weighted by atomic mass is 10.1. The van der Waals surface area contributed by atoms with E-state index in [1.54, 1.807) is 42.9 Å². The van der Waals surface area contributed by atoms with Crippen LogP contribution in [0, 0.1) is 0 Å². The van der Waals surface area contributed by atoms with Gasteiger partial charge in [-0.05, 0) is 42.0 Å². The van der Waals surface area contributed by atoms with E-state index in [2.05, 4.69) is 10.3 Å². The fourth-order valence-electron chi connectivity index (χ4n) is 3.06. The van der Waals surface area contributed by atoms with Gasteiger partial charge < -0.3 is 9.88 Å². The van der Waals surface area contributed by atoms with E-state index in [1.807, 2.05) is 41.0 Å². The third-order valence-electron chi connectivity index (χ3n) is 4.44. The second-order valence-electron chi connectivity index (χ2n) is 6.33. The molecular weight excluding hydrogens is 374 g/mol. The van der Waals surface area contributed by atoms with Crippen LogP contribution in [-0.2, 0) is 6.54 Å². The van der Waals surface area contributed by atoms with Gasteiger partial charge in [0.1, 0.15) is 5.56 Å². The maximum atomic E-state index is 12.9. The van der Waals surface area contributed by atoms with Crippen LogP contribution in [0.5, 0.6) is 0 Å². The minimum atomic E-state index is -0.452. The number of benzene rings is 2. The maximum absolute atomic E-state index is 12.9. The smallest absolute Gasteiger partial charge is 0.261 e. The highest BCUT2D eigenvalue weighted by molar-refractivity contribution is 6.30. The largest absolute Gasteiger partial charge is 0.342 e. The minimum absolute atomic E-state index is 0.0875. The Morgan fingerprint density at radius 3 is 2.46 bits per heavy atom. The Hall–Kier alpha value is -3.44. The topological polar surface area (TPSA) is 64.0 Å². The second-order valence-corrected chi connectivity index (χ2v) is 6.77. The van der Waals surface area contributed by atoms with E-state index < -0.39 is 5.91 Å². The number of halogens is 1. The quantitative estimate of drug-likeness (QED) is 0.564. The van der Waals surface area contributed by atoms with E-state index in [4.69, 9.17) is 11.6 Å². The van der Waals surface area contributed by atoms with E-state index >= 15 is 0 Å². The SMILES string of the molecule is O=C(Nc1ccncc1)c1cn(Cc2ccc(Cl)cc2)c2ccccc2c1=O. The van der Waals surface area contributed by atoms with Crippen LogP contribution in [0.1, 0.15) is 15.9 Å². The number of anilines is 1. The van der Waals surface area contributed by atoms with Crippen LogP contribution >= 0.6 is 11.6 Å². The molecule has 28 heavy (non-hydrogen) atoms. The van der Waals surface area contributed by atoms with Gasteiger partial charge in [0, 0.05) is 41.2 Å². The van der Waals surface area contributed by atoms with Gasteiger partial charge in [-0.1, -0.05) is 35.9 Å². The van der Waals surface area contributed by atoms with Gasteiger partial charge in [-0.15, -0.1) is 0 Å². The number of para-hydroxylation sites is 1. The summed E-state index contributed by atoms with van der Waals surface area (Å²) >= 11 is 5.97. The van der Waals surface area contributed by atoms with E-state index in [1.165, 1.54) is 0 Å². The molecule has 0 saturated heterocycles. The molecule has 4 aromatic rings. The van der Waals surface area contributed by atoms with Crippen LogP contribution in [0.25, 0.3) is 10.9 Å². The van der Waals surface area contributed by atoms with Crippen molar-refractivity contribution in [2.75, 3.05) is 5.32 Å². The predicted octanol–water partition coefficient (Wildman–Crippen LogP) is 4.35. The number of aromatic nitrogens is 2. The number of rotatable bonds is 4. The molecular formula is C22H16ClN3O2. The molecule has 2 aromatic heterocycles. The standard InChI is InChI=1S/C22H16ClN3O2/c23-16-7-5-15(6-8-16)13-26-14-19(21(27)18-3-1-2-4-20(18)26)22(28)25-17-9-11-24-12-10-17/h1-12,14H,13H2,(H,24,25,28). The van der Waals surface area contributed by atoms with Crippen LogP contribution in [0.3, 0.4) is 0 Å². The highest BCUT2D eigenvalue weighted by Gasteiger charge is 2.16. The average molecular weight is 390 g/mol. The van der Waals surface area contributed by atoms with Gasteiger partial charge in [0.15, 0.2) is 0 Å². The summed E-state index contributed by atoms with van der Waals surface area (Å²) in [6.45, 7) is 0.507. The molecule has 0 unspecified atom stereocenters. The first-order valence-electron chi connectivity index (χ1n) is 8.70. The fourth-order valence-corrected chi connectivity index (χ4v) is 3.18. The van der Waals surface area contributed by atoms with Crippen molar-refractivity contribution in [2.24, 2.45) is 0 Å². The molecule has 0 radical (unpaired) electrons. The van der Waals surface area contributed by atoms with Crippen LogP contribution in [0.2, 0.25) is 5.02 Å². The summed E-state index contributed by atoms with van der Waals surface area (Å²) < 4.78 is 1.90. The fraction of sp³-hybridized carbons (Fsp3) is 0.0455. The van der Waals surface area contributed by atoms with E-state index in [9.17, 15) is 9.59 Å². The van der Waals surface area contributed by atoms with Gasteiger partial charge in [-0.25, -0.2) is 0 Å². The molecule has 4 rings (SSSR count). The zero-order chi connectivity index (χ0) is 19.5. The van der Waals surface area contributed by atoms with Crippen molar-refractivity contribution >= 4 is 34.1 Å². The average Bonchev–Trinajstić information content (AvgIpc) is 2.72. The van der Waals surface area contributed by atoms with Gasteiger partial charge in [-0.2, -0.15) is 0 Å². The third-order valence-corrected chi connectivity index (χ3v) is 4.69. The molecule has 2 aromatic carbocycles. The first-order valence-corrected chi connectivity index (χ1v) is 9.07. The van der Waals surface area contributed by atoms with Crippen molar-refractivity contribution in [3.8, 4) is 0 Å². The molecule has 0 aliphatic heterocycles. The van der Waals surface area contributed by atoms with Crippen LogP contribution in [-0.4, -0.2) is 15.5 Å². The lowest BCUT2D eigenvalue weighted by Gasteiger charge is -2.14. The Labute approximate surface area is 166 Å². The first kappa shape index (κ1) is 17.9. The number of nitrogens with zero attached hydrogens (tertiary/aromatic N) is 2. The third kappa shape index (κ3) is 3.66. The summed E-state index contributed by atoms with van der Waals surface area (Å²) in [5.74, 6) is -0.452. The van der Waals surface area contributed by atoms with Gasteiger partial charge in [0.2, 0.25) is 5.43 Å².